The lowest BCUT2D eigenvalue weighted by Crippen LogP contribution is -2.02. The smallest absolute Gasteiger partial charge is 0.156 e. The molecule has 0 aliphatic heterocycles. The molecule has 0 bridgehead atoms. The fourth-order valence-electron chi connectivity index (χ4n) is 1.76. The van der Waals surface area contributed by atoms with Crippen molar-refractivity contribution in [1.29, 1.82) is 0 Å². The van der Waals surface area contributed by atoms with Gasteiger partial charge in [-0.15, -0.1) is 0 Å². The van der Waals surface area contributed by atoms with Crippen LogP contribution in [0.2, 0.25) is 0 Å². The second kappa shape index (κ2) is 3.23. The second-order valence-corrected chi connectivity index (χ2v) is 4.97. The lowest BCUT2D eigenvalue weighted by Gasteiger charge is -1.99. The van der Waals surface area contributed by atoms with E-state index in [1.807, 2.05) is 11.7 Å². The largest absolute Gasteiger partial charge is 0.365 e. The van der Waals surface area contributed by atoms with E-state index in [1.54, 1.807) is 0 Å². The predicted octanol–water partition coefficient (Wildman–Crippen LogP) is 2.91. The third-order valence-electron chi connectivity index (χ3n) is 2.73. The average molecular weight is 266 g/mol. The number of hydrogen-bond acceptors (Lipinski definition) is 2. The molecule has 0 spiro atoms. The lowest BCUT2D eigenvalue weighted by molar-refractivity contribution is 0.796. The van der Waals surface area contributed by atoms with Gasteiger partial charge in [-0.2, -0.15) is 5.10 Å². The van der Waals surface area contributed by atoms with Gasteiger partial charge >= 0.3 is 0 Å². The quantitative estimate of drug-likeness (QED) is 0.905. The van der Waals surface area contributed by atoms with Crippen LogP contribution in [-0.4, -0.2) is 15.8 Å². The summed E-state index contributed by atoms with van der Waals surface area (Å²) in [5.41, 5.74) is 1.16. The Balaban J connectivity index is 2.13. The van der Waals surface area contributed by atoms with Gasteiger partial charge in [-0.3, -0.25) is 4.68 Å². The number of nitrogens with one attached hydrogen (secondary N) is 1. The minimum Gasteiger partial charge on any atom is -0.365 e. The summed E-state index contributed by atoms with van der Waals surface area (Å²) >= 11 is 3.48. The molecule has 1 aliphatic carbocycles. The van der Waals surface area contributed by atoms with E-state index in [0.717, 1.165) is 15.8 Å². The summed E-state index contributed by atoms with van der Waals surface area (Å²) in [4.78, 5) is 0. The Morgan fingerprint density at radius 3 is 3.00 bits per heavy atom. The van der Waals surface area contributed by atoms with E-state index in [-0.39, 0.29) is 0 Å². The van der Waals surface area contributed by atoms with Crippen molar-refractivity contribution < 1.29 is 0 Å². The summed E-state index contributed by atoms with van der Waals surface area (Å²) in [7, 11) is 1.98. The van der Waals surface area contributed by atoms with Gasteiger partial charge in [0.25, 0.3) is 0 Å². The Kier molecular flexibility index (Phi) is 1.99. The molecule has 0 radical (unpaired) electrons. The topological polar surface area (TPSA) is 29.9 Å². The molecule has 1 saturated carbocycles. The molecular weight excluding hydrogens is 254 g/mol. The Morgan fingerprint density at radius 2 is 2.27 bits per heavy atom. The Labute approximate surface area is 96.6 Å². The van der Waals surface area contributed by atoms with Crippen molar-refractivity contribution in [1.82, 2.24) is 9.78 Å². The van der Waals surface area contributed by atoms with E-state index in [4.69, 9.17) is 0 Å². The third kappa shape index (κ3) is 1.63. The maximum absolute atomic E-state index is 4.50. The summed E-state index contributed by atoms with van der Waals surface area (Å²) < 4.78 is 3.01. The minimum atomic E-state index is 0.645. The molecule has 1 fully saturated rings. The van der Waals surface area contributed by atoms with E-state index in [0.29, 0.717) is 6.04 Å². The summed E-state index contributed by atoms with van der Waals surface area (Å²) in [6, 6.07) is 6.91. The second-order valence-electron chi connectivity index (χ2n) is 4.05. The average Bonchev–Trinajstić information content (AvgIpc) is 2.95. The van der Waals surface area contributed by atoms with Crippen LogP contribution in [0.3, 0.4) is 0 Å². The highest BCUT2D eigenvalue weighted by atomic mass is 79.9. The van der Waals surface area contributed by atoms with Crippen molar-refractivity contribution in [2.24, 2.45) is 7.05 Å². The molecule has 1 N–H and O–H groups in total. The zero-order valence-electron chi connectivity index (χ0n) is 8.50. The standard InChI is InChI=1S/C11H12BrN3/c1-15-10-6-7(12)2-5-9(10)11(14-15)13-8-3-4-8/h2,5-6,8H,3-4H2,1H3,(H,13,14). The normalized spacial score (nSPS) is 15.9. The third-order valence-corrected chi connectivity index (χ3v) is 3.22. The molecule has 2 aromatic rings. The molecule has 3 nitrogen and oxygen atoms in total. The monoisotopic (exact) mass is 265 g/mol. The van der Waals surface area contributed by atoms with Crippen LogP contribution < -0.4 is 5.32 Å². The first kappa shape index (κ1) is 9.21. The molecule has 78 valence electrons. The zero-order valence-corrected chi connectivity index (χ0v) is 10.1. The minimum absolute atomic E-state index is 0.645. The van der Waals surface area contributed by atoms with E-state index in [9.17, 15) is 0 Å². The Bertz CT molecular complexity index is 514. The Morgan fingerprint density at radius 1 is 1.47 bits per heavy atom. The van der Waals surface area contributed by atoms with Crippen LogP contribution in [0.4, 0.5) is 5.82 Å². The lowest BCUT2D eigenvalue weighted by atomic mass is 10.2. The van der Waals surface area contributed by atoms with Crippen LogP contribution >= 0.6 is 15.9 Å². The van der Waals surface area contributed by atoms with Gasteiger partial charge in [0.05, 0.1) is 5.52 Å². The SMILES string of the molecule is Cn1nc(NC2CC2)c2ccc(Br)cc21. The molecule has 0 unspecified atom stereocenters. The van der Waals surface area contributed by atoms with Gasteiger partial charge in [-0.1, -0.05) is 15.9 Å². The fraction of sp³-hybridized carbons (Fsp3) is 0.364. The summed E-state index contributed by atoms with van der Waals surface area (Å²) in [6.07, 6.45) is 2.54. The van der Waals surface area contributed by atoms with Gasteiger partial charge in [-0.05, 0) is 31.0 Å². The van der Waals surface area contributed by atoms with Crippen LogP contribution in [0.5, 0.6) is 0 Å². The number of benzene rings is 1. The van der Waals surface area contributed by atoms with Crippen LogP contribution in [0, 0.1) is 0 Å². The molecule has 3 rings (SSSR count). The van der Waals surface area contributed by atoms with Gasteiger partial charge in [0.2, 0.25) is 0 Å². The first-order chi connectivity index (χ1) is 7.24. The summed E-state index contributed by atoms with van der Waals surface area (Å²) in [5.74, 6) is 1.02. The maximum atomic E-state index is 4.50. The number of nitrogens with zero attached hydrogens (tertiary/aromatic N) is 2. The number of halogens is 1. The van der Waals surface area contributed by atoms with Crippen LogP contribution in [0.1, 0.15) is 12.8 Å². The molecule has 4 heteroatoms. The van der Waals surface area contributed by atoms with Crippen LogP contribution in [0.15, 0.2) is 22.7 Å². The molecule has 1 aliphatic rings. The first-order valence-corrected chi connectivity index (χ1v) is 5.92. The fourth-order valence-corrected chi connectivity index (χ4v) is 2.11. The van der Waals surface area contributed by atoms with E-state index in [2.05, 4.69) is 44.5 Å². The van der Waals surface area contributed by atoms with E-state index in [1.165, 1.54) is 18.2 Å². The van der Waals surface area contributed by atoms with Gasteiger partial charge < -0.3 is 5.32 Å². The number of anilines is 1. The number of rotatable bonds is 2. The Hall–Kier alpha value is -1.03. The van der Waals surface area contributed by atoms with Crippen molar-refractivity contribution in [3.8, 4) is 0 Å². The molecule has 1 heterocycles. The molecule has 15 heavy (non-hydrogen) atoms. The molecule has 1 aromatic heterocycles. The van der Waals surface area contributed by atoms with Crippen LogP contribution in [-0.2, 0) is 7.05 Å². The summed E-state index contributed by atoms with van der Waals surface area (Å²) in [6.45, 7) is 0. The molecular formula is C11H12BrN3. The highest BCUT2D eigenvalue weighted by Crippen LogP contribution is 2.30. The highest BCUT2D eigenvalue weighted by molar-refractivity contribution is 9.10. The predicted molar refractivity (Wildman–Crippen MR) is 65.1 cm³/mol. The first-order valence-electron chi connectivity index (χ1n) is 5.13. The number of fused-ring (bicyclic) bond motifs is 1. The van der Waals surface area contributed by atoms with Gasteiger partial charge in [0, 0.05) is 22.9 Å². The molecule has 0 amide bonds. The maximum Gasteiger partial charge on any atom is 0.156 e. The van der Waals surface area contributed by atoms with Crippen molar-refractivity contribution >= 4 is 32.7 Å². The number of hydrogen-bond donors (Lipinski definition) is 1. The van der Waals surface area contributed by atoms with Gasteiger partial charge in [0.15, 0.2) is 5.82 Å². The molecule has 1 aromatic carbocycles. The zero-order chi connectivity index (χ0) is 10.4. The number of aryl methyl sites for hydroxylation is 1. The van der Waals surface area contributed by atoms with Crippen molar-refractivity contribution in [3.63, 3.8) is 0 Å². The van der Waals surface area contributed by atoms with Gasteiger partial charge in [0.1, 0.15) is 0 Å². The van der Waals surface area contributed by atoms with Crippen molar-refractivity contribution in [2.45, 2.75) is 18.9 Å². The molecule has 0 saturated heterocycles. The molecule has 0 atom stereocenters. The van der Waals surface area contributed by atoms with Crippen LogP contribution in [0.25, 0.3) is 10.9 Å². The highest BCUT2D eigenvalue weighted by Gasteiger charge is 2.23. The van der Waals surface area contributed by atoms with Gasteiger partial charge in [-0.25, -0.2) is 0 Å². The summed E-state index contributed by atoms with van der Waals surface area (Å²) in [5, 5.41) is 9.15. The van der Waals surface area contributed by atoms with Crippen molar-refractivity contribution in [2.75, 3.05) is 5.32 Å². The van der Waals surface area contributed by atoms with E-state index >= 15 is 0 Å². The van der Waals surface area contributed by atoms with E-state index < -0.39 is 0 Å². The van der Waals surface area contributed by atoms with Crippen molar-refractivity contribution in [3.05, 3.63) is 22.7 Å². The number of aromatic nitrogens is 2.